The Bertz CT molecular complexity index is 872. The molecule has 28 heavy (non-hydrogen) atoms. The quantitative estimate of drug-likeness (QED) is 0.481. The number of carbonyl (C=O) groups excluding carboxylic acids is 1. The van der Waals surface area contributed by atoms with Crippen molar-refractivity contribution in [2.45, 2.75) is 19.4 Å². The lowest BCUT2D eigenvalue weighted by Gasteiger charge is -2.14. The van der Waals surface area contributed by atoms with Crippen LogP contribution < -0.4 is 5.32 Å². The van der Waals surface area contributed by atoms with E-state index < -0.39 is 5.91 Å². The zero-order valence-electron chi connectivity index (χ0n) is 16.0. The zero-order chi connectivity index (χ0) is 19.9. The summed E-state index contributed by atoms with van der Waals surface area (Å²) in [7, 11) is 0. The molecule has 1 aliphatic rings. The molecular formula is C22H26N2O4. The molecule has 0 spiro atoms. The molecule has 0 bridgehead atoms. The Balaban J connectivity index is 1.49. The van der Waals surface area contributed by atoms with E-state index in [9.17, 15) is 9.90 Å². The summed E-state index contributed by atoms with van der Waals surface area (Å²) in [6.07, 6.45) is 1.81. The lowest BCUT2D eigenvalue weighted by Crippen LogP contribution is -2.34. The first-order valence-electron chi connectivity index (χ1n) is 9.47. The molecule has 3 rings (SSSR count). The van der Waals surface area contributed by atoms with E-state index in [0.717, 1.165) is 28.8 Å². The second kappa shape index (κ2) is 9.48. The summed E-state index contributed by atoms with van der Waals surface area (Å²) in [5.74, 6) is -0.376. The van der Waals surface area contributed by atoms with Crippen molar-refractivity contribution in [3.8, 4) is 0 Å². The molecule has 6 nitrogen and oxygen atoms in total. The molecule has 2 aromatic rings. The van der Waals surface area contributed by atoms with Crippen LogP contribution in [0.1, 0.15) is 25.0 Å². The smallest absolute Gasteiger partial charge is 0.269 e. The van der Waals surface area contributed by atoms with Crippen molar-refractivity contribution in [1.82, 2.24) is 5.32 Å². The number of nitrogens with one attached hydrogen (secondary N) is 2. The van der Waals surface area contributed by atoms with Gasteiger partial charge < -0.3 is 19.9 Å². The number of benzene rings is 2. The normalized spacial score (nSPS) is 18.2. The highest BCUT2D eigenvalue weighted by Gasteiger charge is 2.17. The number of hydrogen-bond acceptors (Lipinski definition) is 5. The van der Waals surface area contributed by atoms with E-state index in [1.165, 1.54) is 0 Å². The van der Waals surface area contributed by atoms with Gasteiger partial charge in [-0.2, -0.15) is 0 Å². The number of rotatable bonds is 8. The first-order chi connectivity index (χ1) is 13.5. The van der Waals surface area contributed by atoms with Crippen LogP contribution in [0.3, 0.4) is 0 Å². The monoisotopic (exact) mass is 382 g/mol. The van der Waals surface area contributed by atoms with E-state index >= 15 is 0 Å². The molecule has 148 valence electrons. The highest BCUT2D eigenvalue weighted by atomic mass is 16.5. The van der Waals surface area contributed by atoms with Gasteiger partial charge in [0.2, 0.25) is 0 Å². The van der Waals surface area contributed by atoms with Crippen molar-refractivity contribution in [3.05, 3.63) is 59.9 Å². The van der Waals surface area contributed by atoms with Gasteiger partial charge in [-0.3, -0.25) is 10.2 Å². The van der Waals surface area contributed by atoms with Crippen molar-refractivity contribution in [3.63, 3.8) is 0 Å². The van der Waals surface area contributed by atoms with E-state index in [1.807, 2.05) is 37.3 Å². The third kappa shape index (κ3) is 5.41. The molecule has 1 saturated heterocycles. The van der Waals surface area contributed by atoms with Crippen LogP contribution in [0.25, 0.3) is 10.8 Å². The summed E-state index contributed by atoms with van der Waals surface area (Å²) in [6.45, 7) is 3.66. The van der Waals surface area contributed by atoms with Gasteiger partial charge in [-0.15, -0.1) is 0 Å². The molecule has 0 aliphatic carbocycles. The fourth-order valence-electron chi connectivity index (χ4n) is 3.12. The Morgan fingerprint density at radius 2 is 2.14 bits per heavy atom. The molecule has 2 unspecified atom stereocenters. The summed E-state index contributed by atoms with van der Waals surface area (Å²) >= 11 is 0. The van der Waals surface area contributed by atoms with Crippen molar-refractivity contribution in [2.75, 3.05) is 26.4 Å². The lowest BCUT2D eigenvalue weighted by molar-refractivity contribution is -0.115. The highest BCUT2D eigenvalue weighted by Crippen LogP contribution is 2.22. The molecule has 2 aromatic carbocycles. The van der Waals surface area contributed by atoms with E-state index in [-0.39, 0.29) is 24.2 Å². The van der Waals surface area contributed by atoms with Crippen LogP contribution in [-0.4, -0.2) is 43.1 Å². The first-order valence-corrected chi connectivity index (χ1v) is 9.47. The van der Waals surface area contributed by atoms with E-state index in [1.54, 1.807) is 0 Å². The number of aliphatic hydroxyl groups excluding tert-OH is 1. The lowest BCUT2D eigenvalue weighted by atomic mass is 10.0. The molecule has 1 heterocycles. The van der Waals surface area contributed by atoms with E-state index in [2.05, 4.69) is 17.4 Å². The molecule has 6 heteroatoms. The topological polar surface area (TPSA) is 91.6 Å². The molecular weight excluding hydrogens is 356 g/mol. The third-order valence-electron chi connectivity index (χ3n) is 4.86. The number of amides is 1. The summed E-state index contributed by atoms with van der Waals surface area (Å²) in [5.41, 5.74) is 0.705. The highest BCUT2D eigenvalue weighted by molar-refractivity contribution is 6.42. The second-order valence-corrected chi connectivity index (χ2v) is 7.05. The molecule has 3 N–H and O–H groups in total. The van der Waals surface area contributed by atoms with Crippen molar-refractivity contribution in [2.24, 2.45) is 5.92 Å². The summed E-state index contributed by atoms with van der Waals surface area (Å²) < 4.78 is 11.0. The Kier molecular flexibility index (Phi) is 6.79. The number of fused-ring (bicyclic) bond motifs is 1. The predicted molar refractivity (Wildman–Crippen MR) is 109 cm³/mol. The van der Waals surface area contributed by atoms with Gasteiger partial charge in [-0.1, -0.05) is 36.4 Å². The van der Waals surface area contributed by atoms with Crippen molar-refractivity contribution >= 4 is 22.4 Å². The minimum Gasteiger partial charge on any atom is -0.510 e. The van der Waals surface area contributed by atoms with Gasteiger partial charge in [0.05, 0.1) is 12.7 Å². The van der Waals surface area contributed by atoms with Crippen LogP contribution >= 0.6 is 0 Å². The molecule has 0 radical (unpaired) electrons. The van der Waals surface area contributed by atoms with Gasteiger partial charge in [-0.25, -0.2) is 0 Å². The average Bonchev–Trinajstić information content (AvgIpc) is 3.23. The maximum absolute atomic E-state index is 11.9. The molecule has 1 amide bonds. The Hall–Kier alpha value is -2.70. The number of carbonyl (C=O) groups is 1. The maximum Gasteiger partial charge on any atom is 0.269 e. The largest absolute Gasteiger partial charge is 0.510 e. The van der Waals surface area contributed by atoms with Gasteiger partial charge in [0.15, 0.2) is 0 Å². The number of hydrogen-bond donors (Lipinski definition) is 3. The van der Waals surface area contributed by atoms with Gasteiger partial charge in [0.1, 0.15) is 18.1 Å². The Morgan fingerprint density at radius 1 is 1.36 bits per heavy atom. The third-order valence-corrected chi connectivity index (χ3v) is 4.86. The van der Waals surface area contributed by atoms with Crippen molar-refractivity contribution in [1.29, 1.82) is 5.41 Å². The van der Waals surface area contributed by atoms with Crippen LogP contribution in [-0.2, 0) is 14.3 Å². The summed E-state index contributed by atoms with van der Waals surface area (Å²) in [4.78, 5) is 11.9. The molecule has 2 atom stereocenters. The molecule has 1 fully saturated rings. The molecule has 0 saturated carbocycles. The molecule has 1 aliphatic heterocycles. The Morgan fingerprint density at radius 3 is 2.89 bits per heavy atom. The molecule has 0 aromatic heterocycles. The van der Waals surface area contributed by atoms with Crippen molar-refractivity contribution < 1.29 is 19.4 Å². The average molecular weight is 382 g/mol. The van der Waals surface area contributed by atoms with Crippen LogP contribution in [0.5, 0.6) is 0 Å². The first kappa shape index (κ1) is 20.0. The number of ether oxygens (including phenoxy) is 2. The van der Waals surface area contributed by atoms with Gasteiger partial charge >= 0.3 is 0 Å². The van der Waals surface area contributed by atoms with Crippen LogP contribution in [0.15, 0.2) is 54.3 Å². The fourth-order valence-corrected chi connectivity index (χ4v) is 3.12. The van der Waals surface area contributed by atoms with Crippen LogP contribution in [0.2, 0.25) is 0 Å². The summed E-state index contributed by atoms with van der Waals surface area (Å²) in [6, 6.07) is 14.2. The van der Waals surface area contributed by atoms with Crippen LogP contribution in [0.4, 0.5) is 0 Å². The van der Waals surface area contributed by atoms with Crippen LogP contribution in [0, 0.1) is 11.3 Å². The summed E-state index contributed by atoms with van der Waals surface area (Å²) in [5, 5.41) is 22.8. The minimum absolute atomic E-state index is 0.0693. The zero-order valence-corrected chi connectivity index (χ0v) is 16.0. The standard InChI is InChI=1S/C22H26N2O4/c1-15(18-7-6-17-4-2-3-5-19(17)10-18)28-14-20(25)11-21(23)22(26)24-12-16-8-9-27-13-16/h2-7,10-11,15-16,23,25H,8-9,12-14H2,1H3,(H,24,26)/b20-11-,23-21?. The van der Waals surface area contributed by atoms with Gasteiger partial charge in [0, 0.05) is 25.1 Å². The van der Waals surface area contributed by atoms with Gasteiger partial charge in [-0.05, 0) is 35.7 Å². The van der Waals surface area contributed by atoms with E-state index in [0.29, 0.717) is 25.7 Å². The van der Waals surface area contributed by atoms with E-state index in [4.69, 9.17) is 14.9 Å². The Labute approximate surface area is 164 Å². The maximum atomic E-state index is 11.9. The van der Waals surface area contributed by atoms with Gasteiger partial charge in [0.25, 0.3) is 5.91 Å². The fraction of sp³-hybridized carbons (Fsp3) is 0.364. The second-order valence-electron chi connectivity index (χ2n) is 7.05. The SMILES string of the molecule is CC(OC/C(O)=C/C(=N)C(=O)NCC1CCOC1)c1ccc2ccccc2c1. The number of aliphatic hydroxyl groups is 1. The minimum atomic E-state index is -0.513. The predicted octanol–water partition coefficient (Wildman–Crippen LogP) is 3.53.